The Morgan fingerprint density at radius 3 is 2.54 bits per heavy atom. The van der Waals surface area contributed by atoms with Crippen molar-refractivity contribution in [1.29, 1.82) is 0 Å². The third kappa shape index (κ3) is 3.47. The van der Waals surface area contributed by atoms with Crippen molar-refractivity contribution in [2.75, 3.05) is 10.5 Å². The molecular formula is C17H12Cl2N6O2S. The lowest BCUT2D eigenvalue weighted by molar-refractivity contribution is 0.601. The number of fused-ring (bicyclic) bond motifs is 1. The molecule has 0 saturated carbocycles. The van der Waals surface area contributed by atoms with Gasteiger partial charge in [0, 0.05) is 16.3 Å². The van der Waals surface area contributed by atoms with E-state index in [4.69, 9.17) is 28.9 Å². The van der Waals surface area contributed by atoms with Crippen LogP contribution >= 0.6 is 23.2 Å². The number of halogens is 2. The molecule has 0 aliphatic rings. The van der Waals surface area contributed by atoms with E-state index in [1.165, 1.54) is 18.2 Å². The van der Waals surface area contributed by atoms with E-state index in [9.17, 15) is 8.42 Å². The van der Waals surface area contributed by atoms with Gasteiger partial charge in [-0.05, 0) is 30.3 Å². The van der Waals surface area contributed by atoms with Crippen molar-refractivity contribution in [2.45, 2.75) is 4.90 Å². The number of rotatable bonds is 4. The van der Waals surface area contributed by atoms with Crippen molar-refractivity contribution in [2.24, 2.45) is 0 Å². The highest BCUT2D eigenvalue weighted by Crippen LogP contribution is 2.28. The van der Waals surface area contributed by atoms with Gasteiger partial charge in [-0.3, -0.25) is 9.82 Å². The molecule has 0 aliphatic carbocycles. The van der Waals surface area contributed by atoms with Crippen LogP contribution in [0.15, 0.2) is 53.6 Å². The van der Waals surface area contributed by atoms with E-state index in [2.05, 4.69) is 24.9 Å². The molecule has 2 heterocycles. The number of anilines is 2. The van der Waals surface area contributed by atoms with Gasteiger partial charge in [-0.2, -0.15) is 5.10 Å². The lowest BCUT2D eigenvalue weighted by Crippen LogP contribution is -2.13. The van der Waals surface area contributed by atoms with Crippen molar-refractivity contribution in [3.63, 3.8) is 0 Å². The lowest BCUT2D eigenvalue weighted by Gasteiger charge is -2.10. The standard InChI is InChI=1S/C17H12Cl2N6O2S/c18-10-3-6-14(12(19)7-10)28(26,27)25-11-4-1-9(2-5-11)13-8-21-15-16(20)23-24-17(15)22-13/h1-8,25H,(H3,20,22,23,24). The Morgan fingerprint density at radius 1 is 1.07 bits per heavy atom. The minimum absolute atomic E-state index is 0.0403. The molecular weight excluding hydrogens is 423 g/mol. The average Bonchev–Trinajstić information content (AvgIpc) is 3.02. The van der Waals surface area contributed by atoms with Crippen LogP contribution in [-0.4, -0.2) is 28.6 Å². The summed E-state index contributed by atoms with van der Waals surface area (Å²) in [5.74, 6) is 0.347. The lowest BCUT2D eigenvalue weighted by atomic mass is 10.1. The van der Waals surface area contributed by atoms with Crippen LogP contribution in [0.25, 0.3) is 22.4 Å². The van der Waals surface area contributed by atoms with Crippen LogP contribution in [0.4, 0.5) is 11.5 Å². The summed E-state index contributed by atoms with van der Waals surface area (Å²) < 4.78 is 27.6. The number of H-pyrrole nitrogens is 1. The Balaban J connectivity index is 1.60. The van der Waals surface area contributed by atoms with Gasteiger partial charge in [-0.25, -0.2) is 18.4 Å². The zero-order valence-corrected chi connectivity index (χ0v) is 16.3. The van der Waals surface area contributed by atoms with Gasteiger partial charge in [0.25, 0.3) is 10.0 Å². The highest BCUT2D eigenvalue weighted by molar-refractivity contribution is 7.92. The predicted octanol–water partition coefficient (Wildman–Crippen LogP) is 3.71. The summed E-state index contributed by atoms with van der Waals surface area (Å²) in [7, 11) is -3.86. The third-order valence-electron chi connectivity index (χ3n) is 3.91. The SMILES string of the molecule is Nc1[nH]nc2nc(-c3ccc(NS(=O)(=O)c4ccc(Cl)cc4Cl)cc3)cnc12. The fourth-order valence-electron chi connectivity index (χ4n) is 2.56. The maximum atomic E-state index is 12.6. The van der Waals surface area contributed by atoms with E-state index in [1.807, 2.05) is 0 Å². The first-order chi connectivity index (χ1) is 13.3. The topological polar surface area (TPSA) is 127 Å². The maximum Gasteiger partial charge on any atom is 0.263 e. The van der Waals surface area contributed by atoms with Crippen LogP contribution in [0.3, 0.4) is 0 Å². The zero-order chi connectivity index (χ0) is 19.9. The van der Waals surface area contributed by atoms with E-state index >= 15 is 0 Å². The van der Waals surface area contributed by atoms with Gasteiger partial charge in [0.2, 0.25) is 5.65 Å². The minimum Gasteiger partial charge on any atom is -0.382 e. The number of benzene rings is 2. The van der Waals surface area contributed by atoms with Crippen LogP contribution in [0, 0.1) is 0 Å². The summed E-state index contributed by atoms with van der Waals surface area (Å²) in [5, 5.41) is 6.99. The molecule has 0 amide bonds. The van der Waals surface area contributed by atoms with Crippen molar-refractivity contribution < 1.29 is 8.42 Å². The molecule has 4 rings (SSSR count). The van der Waals surface area contributed by atoms with E-state index in [0.29, 0.717) is 33.4 Å². The van der Waals surface area contributed by atoms with Crippen LogP contribution in [-0.2, 0) is 10.0 Å². The molecule has 0 unspecified atom stereocenters. The number of sulfonamides is 1. The molecule has 142 valence electrons. The van der Waals surface area contributed by atoms with Gasteiger partial charge in [-0.15, -0.1) is 0 Å². The monoisotopic (exact) mass is 434 g/mol. The van der Waals surface area contributed by atoms with Gasteiger partial charge in [0.1, 0.15) is 10.7 Å². The second-order valence-corrected chi connectivity index (χ2v) is 8.32. The zero-order valence-electron chi connectivity index (χ0n) is 14.0. The Hall–Kier alpha value is -2.88. The molecule has 28 heavy (non-hydrogen) atoms. The summed E-state index contributed by atoms with van der Waals surface area (Å²) in [4.78, 5) is 8.56. The van der Waals surface area contributed by atoms with Gasteiger partial charge in [-0.1, -0.05) is 35.3 Å². The summed E-state index contributed by atoms with van der Waals surface area (Å²) in [6.45, 7) is 0. The summed E-state index contributed by atoms with van der Waals surface area (Å²) >= 11 is 11.8. The molecule has 2 aromatic carbocycles. The van der Waals surface area contributed by atoms with Gasteiger partial charge in [0.05, 0.1) is 16.9 Å². The van der Waals surface area contributed by atoms with Crippen LogP contribution in [0.2, 0.25) is 10.0 Å². The van der Waals surface area contributed by atoms with Gasteiger partial charge in [0.15, 0.2) is 5.52 Å². The number of hydrogen-bond donors (Lipinski definition) is 3. The molecule has 0 saturated heterocycles. The molecule has 4 aromatic rings. The number of nitrogen functional groups attached to an aromatic ring is 1. The molecule has 11 heteroatoms. The van der Waals surface area contributed by atoms with Gasteiger partial charge >= 0.3 is 0 Å². The van der Waals surface area contributed by atoms with E-state index in [-0.39, 0.29) is 9.92 Å². The van der Waals surface area contributed by atoms with Crippen LogP contribution < -0.4 is 10.5 Å². The number of hydrogen-bond acceptors (Lipinski definition) is 6. The molecule has 8 nitrogen and oxygen atoms in total. The van der Waals surface area contributed by atoms with Crippen molar-refractivity contribution in [3.05, 3.63) is 58.7 Å². The highest BCUT2D eigenvalue weighted by atomic mass is 35.5. The molecule has 0 radical (unpaired) electrons. The number of aromatic amines is 1. The molecule has 0 fully saturated rings. The second-order valence-electron chi connectivity index (χ2n) is 5.82. The average molecular weight is 435 g/mol. The van der Waals surface area contributed by atoms with E-state index < -0.39 is 10.0 Å². The molecule has 0 bridgehead atoms. The third-order valence-corrected chi connectivity index (χ3v) is 6.01. The normalized spacial score (nSPS) is 11.6. The van der Waals surface area contributed by atoms with Gasteiger partial charge < -0.3 is 5.73 Å². The van der Waals surface area contributed by atoms with Crippen molar-refractivity contribution in [1.82, 2.24) is 20.2 Å². The molecule has 2 aromatic heterocycles. The van der Waals surface area contributed by atoms with Crippen molar-refractivity contribution in [3.8, 4) is 11.3 Å². The molecule has 0 atom stereocenters. The van der Waals surface area contributed by atoms with E-state index in [0.717, 1.165) is 5.56 Å². The largest absolute Gasteiger partial charge is 0.382 e. The maximum absolute atomic E-state index is 12.6. The molecule has 0 spiro atoms. The first-order valence-electron chi connectivity index (χ1n) is 7.88. The predicted molar refractivity (Wildman–Crippen MR) is 109 cm³/mol. The highest BCUT2D eigenvalue weighted by Gasteiger charge is 2.18. The first-order valence-corrected chi connectivity index (χ1v) is 10.1. The fraction of sp³-hybridized carbons (Fsp3) is 0. The van der Waals surface area contributed by atoms with E-state index in [1.54, 1.807) is 30.5 Å². The summed E-state index contributed by atoms with van der Waals surface area (Å²) in [6.07, 6.45) is 1.57. The Kier molecular flexibility index (Phi) is 4.58. The first kappa shape index (κ1) is 18.5. The smallest absolute Gasteiger partial charge is 0.263 e. The Morgan fingerprint density at radius 2 is 1.82 bits per heavy atom. The summed E-state index contributed by atoms with van der Waals surface area (Å²) in [6, 6.07) is 10.8. The Labute approximate surface area is 169 Å². The number of nitrogens with one attached hydrogen (secondary N) is 2. The Bertz CT molecular complexity index is 1290. The van der Waals surface area contributed by atoms with Crippen molar-refractivity contribution >= 4 is 55.9 Å². The van der Waals surface area contributed by atoms with Crippen LogP contribution in [0.1, 0.15) is 0 Å². The fourth-order valence-corrected chi connectivity index (χ4v) is 4.40. The molecule has 4 N–H and O–H groups in total. The molecule has 0 aliphatic heterocycles. The summed E-state index contributed by atoms with van der Waals surface area (Å²) in [5.41, 5.74) is 8.29. The minimum atomic E-state index is -3.86. The number of nitrogens with two attached hydrogens (primary N) is 1. The number of aromatic nitrogens is 4. The van der Waals surface area contributed by atoms with Crippen LogP contribution in [0.5, 0.6) is 0 Å². The second kappa shape index (κ2) is 6.93. The number of nitrogens with zero attached hydrogens (tertiary/aromatic N) is 3. The quantitative estimate of drug-likeness (QED) is 0.449.